The van der Waals surface area contributed by atoms with Gasteiger partial charge in [0, 0.05) is 18.3 Å². The lowest BCUT2D eigenvalue weighted by Crippen LogP contribution is -2.12. The van der Waals surface area contributed by atoms with E-state index in [1.54, 1.807) is 17.9 Å². The van der Waals surface area contributed by atoms with Gasteiger partial charge in [0.1, 0.15) is 0 Å². The molecule has 2 heterocycles. The van der Waals surface area contributed by atoms with Crippen molar-refractivity contribution in [3.8, 4) is 0 Å². The molecule has 1 N–H and O–H groups in total. The van der Waals surface area contributed by atoms with Gasteiger partial charge in [0.05, 0.1) is 35.4 Å². The average molecular weight is 344 g/mol. The highest BCUT2D eigenvalue weighted by atomic mass is 35.5. The van der Waals surface area contributed by atoms with Gasteiger partial charge in [0.2, 0.25) is 0 Å². The molecule has 6 nitrogen and oxygen atoms in total. The summed E-state index contributed by atoms with van der Waals surface area (Å²) >= 11 is 5.92. The number of hydrogen-bond acceptors (Lipinski definition) is 3. The molecule has 0 saturated heterocycles. The molecule has 3 aromatic rings. The highest BCUT2D eigenvalue weighted by Gasteiger charge is 2.16. The molecule has 0 fully saturated rings. The van der Waals surface area contributed by atoms with Crippen LogP contribution in [0.5, 0.6) is 0 Å². The second kappa shape index (κ2) is 6.49. The third-order valence-corrected chi connectivity index (χ3v) is 4.08. The van der Waals surface area contributed by atoms with Crippen molar-refractivity contribution in [3.05, 3.63) is 64.2 Å². The molecule has 124 valence electrons. The zero-order valence-electron chi connectivity index (χ0n) is 13.7. The van der Waals surface area contributed by atoms with E-state index in [-0.39, 0.29) is 5.91 Å². The lowest BCUT2D eigenvalue weighted by Gasteiger charge is -2.07. The fourth-order valence-corrected chi connectivity index (χ4v) is 2.64. The fraction of sp³-hybridized carbons (Fsp3) is 0.235. The molecule has 0 aliphatic heterocycles. The van der Waals surface area contributed by atoms with E-state index >= 15 is 0 Å². The van der Waals surface area contributed by atoms with Gasteiger partial charge in [0.15, 0.2) is 0 Å². The molecule has 0 atom stereocenters. The summed E-state index contributed by atoms with van der Waals surface area (Å²) in [6, 6.07) is 7.64. The normalized spacial score (nSPS) is 10.8. The second-order valence-electron chi connectivity index (χ2n) is 5.69. The molecule has 0 aliphatic rings. The van der Waals surface area contributed by atoms with E-state index in [2.05, 4.69) is 15.5 Å². The Labute approximate surface area is 145 Å². The van der Waals surface area contributed by atoms with Gasteiger partial charge < -0.3 is 5.32 Å². The van der Waals surface area contributed by atoms with E-state index < -0.39 is 0 Å². The highest BCUT2D eigenvalue weighted by Crippen LogP contribution is 2.21. The van der Waals surface area contributed by atoms with Crippen molar-refractivity contribution < 1.29 is 4.79 Å². The summed E-state index contributed by atoms with van der Waals surface area (Å²) in [6.07, 6.45) is 3.22. The van der Waals surface area contributed by atoms with Crippen molar-refractivity contribution in [2.24, 2.45) is 7.05 Å². The molecule has 1 aromatic carbocycles. The maximum Gasteiger partial charge on any atom is 0.258 e. The first kappa shape index (κ1) is 16.3. The lowest BCUT2D eigenvalue weighted by atomic mass is 10.2. The van der Waals surface area contributed by atoms with Crippen LogP contribution < -0.4 is 5.32 Å². The van der Waals surface area contributed by atoms with Crippen LogP contribution in [-0.2, 0) is 13.6 Å². The Morgan fingerprint density at radius 3 is 2.58 bits per heavy atom. The number of aryl methyl sites for hydroxylation is 2. The van der Waals surface area contributed by atoms with Crippen molar-refractivity contribution in [1.29, 1.82) is 0 Å². The first-order valence-corrected chi connectivity index (χ1v) is 7.90. The summed E-state index contributed by atoms with van der Waals surface area (Å²) in [5, 5.41) is 12.2. The molecule has 24 heavy (non-hydrogen) atoms. The van der Waals surface area contributed by atoms with Crippen LogP contribution in [0.2, 0.25) is 5.02 Å². The minimum Gasteiger partial charge on any atom is -0.319 e. The molecule has 0 unspecified atom stereocenters. The predicted octanol–water partition coefficient (Wildman–Crippen LogP) is 3.19. The van der Waals surface area contributed by atoms with E-state index in [9.17, 15) is 4.79 Å². The van der Waals surface area contributed by atoms with Crippen LogP contribution in [-0.4, -0.2) is 25.5 Å². The van der Waals surface area contributed by atoms with Crippen LogP contribution in [0, 0.1) is 13.8 Å². The first-order chi connectivity index (χ1) is 11.4. The van der Waals surface area contributed by atoms with Gasteiger partial charge in [-0.1, -0.05) is 23.7 Å². The number of halogens is 1. The number of amides is 1. The molecule has 0 spiro atoms. The molecule has 0 aliphatic carbocycles. The Morgan fingerprint density at radius 1 is 1.25 bits per heavy atom. The van der Waals surface area contributed by atoms with Crippen LogP contribution in [0.15, 0.2) is 36.7 Å². The Bertz CT molecular complexity index is 879. The van der Waals surface area contributed by atoms with Gasteiger partial charge in [-0.2, -0.15) is 10.2 Å². The Morgan fingerprint density at radius 2 is 1.96 bits per heavy atom. The average Bonchev–Trinajstić information content (AvgIpc) is 3.09. The van der Waals surface area contributed by atoms with Gasteiger partial charge in [-0.3, -0.25) is 14.2 Å². The number of carbonyl (C=O) groups excluding carboxylic acids is 1. The van der Waals surface area contributed by atoms with Crippen LogP contribution in [0.1, 0.15) is 27.3 Å². The minimum absolute atomic E-state index is 0.194. The van der Waals surface area contributed by atoms with Crippen molar-refractivity contribution >= 4 is 23.2 Å². The van der Waals surface area contributed by atoms with Crippen LogP contribution in [0.4, 0.5) is 5.69 Å². The summed E-state index contributed by atoms with van der Waals surface area (Å²) < 4.78 is 3.47. The summed E-state index contributed by atoms with van der Waals surface area (Å²) in [5.41, 5.74) is 4.02. The third-order valence-electron chi connectivity index (χ3n) is 3.83. The number of rotatable bonds is 4. The van der Waals surface area contributed by atoms with Gasteiger partial charge in [-0.05, 0) is 31.5 Å². The summed E-state index contributed by atoms with van der Waals surface area (Å²) in [5.74, 6) is -0.194. The van der Waals surface area contributed by atoms with Crippen molar-refractivity contribution in [2.45, 2.75) is 20.4 Å². The van der Waals surface area contributed by atoms with Gasteiger partial charge >= 0.3 is 0 Å². The number of nitrogens with one attached hydrogen (secondary N) is 1. The summed E-state index contributed by atoms with van der Waals surface area (Å²) in [7, 11) is 1.78. The number of hydrogen-bond donors (Lipinski definition) is 1. The first-order valence-electron chi connectivity index (χ1n) is 7.52. The minimum atomic E-state index is -0.194. The zero-order valence-corrected chi connectivity index (χ0v) is 14.5. The van der Waals surface area contributed by atoms with Crippen LogP contribution in [0.25, 0.3) is 0 Å². The predicted molar refractivity (Wildman–Crippen MR) is 93.4 cm³/mol. The largest absolute Gasteiger partial charge is 0.319 e. The van der Waals surface area contributed by atoms with Crippen LogP contribution >= 0.6 is 11.6 Å². The Hall–Kier alpha value is -2.60. The topological polar surface area (TPSA) is 64.7 Å². The second-order valence-corrected chi connectivity index (χ2v) is 6.12. The maximum absolute atomic E-state index is 12.3. The van der Waals surface area contributed by atoms with Gasteiger partial charge in [-0.15, -0.1) is 0 Å². The molecule has 0 saturated carbocycles. The molecule has 3 rings (SSSR count). The Balaban J connectivity index is 1.81. The van der Waals surface area contributed by atoms with Crippen LogP contribution in [0.3, 0.4) is 0 Å². The zero-order chi connectivity index (χ0) is 17.3. The molecule has 1 amide bonds. The van der Waals surface area contributed by atoms with Gasteiger partial charge in [-0.25, -0.2) is 0 Å². The SMILES string of the molecule is Cc1nn(Cc2ccc(Cl)cc2)c(C)c1NC(=O)c1cnn(C)c1. The third kappa shape index (κ3) is 3.33. The monoisotopic (exact) mass is 343 g/mol. The summed E-state index contributed by atoms with van der Waals surface area (Å²) in [4.78, 5) is 12.3. The molecule has 7 heteroatoms. The quantitative estimate of drug-likeness (QED) is 0.791. The molecular weight excluding hydrogens is 326 g/mol. The highest BCUT2D eigenvalue weighted by molar-refractivity contribution is 6.30. The van der Waals surface area contributed by atoms with E-state index in [1.807, 2.05) is 42.8 Å². The van der Waals surface area contributed by atoms with Crippen molar-refractivity contribution in [2.75, 3.05) is 5.32 Å². The molecule has 0 radical (unpaired) electrons. The number of aromatic nitrogens is 4. The number of nitrogens with zero attached hydrogens (tertiary/aromatic N) is 4. The smallest absolute Gasteiger partial charge is 0.258 e. The molecular formula is C17H18ClN5O. The van der Waals surface area contributed by atoms with E-state index in [1.165, 1.54) is 6.20 Å². The van der Waals surface area contributed by atoms with E-state index in [0.717, 1.165) is 22.6 Å². The lowest BCUT2D eigenvalue weighted by molar-refractivity contribution is 0.102. The van der Waals surface area contributed by atoms with Crippen molar-refractivity contribution in [1.82, 2.24) is 19.6 Å². The number of anilines is 1. The maximum atomic E-state index is 12.3. The van der Waals surface area contributed by atoms with Crippen molar-refractivity contribution in [3.63, 3.8) is 0 Å². The fourth-order valence-electron chi connectivity index (χ4n) is 2.52. The summed E-state index contributed by atoms with van der Waals surface area (Å²) in [6.45, 7) is 4.44. The number of carbonyl (C=O) groups is 1. The van der Waals surface area contributed by atoms with Gasteiger partial charge in [0.25, 0.3) is 5.91 Å². The van der Waals surface area contributed by atoms with E-state index in [4.69, 9.17) is 11.6 Å². The van der Waals surface area contributed by atoms with E-state index in [0.29, 0.717) is 17.1 Å². The molecule has 0 bridgehead atoms. The molecule has 2 aromatic heterocycles. The Kier molecular flexibility index (Phi) is 4.40. The standard InChI is InChI=1S/C17H18ClN5O/c1-11-16(20-17(24)14-8-19-22(3)10-14)12(2)23(21-11)9-13-4-6-15(18)7-5-13/h4-8,10H,9H2,1-3H3,(H,20,24). The number of benzene rings is 1.